The highest BCUT2D eigenvalue weighted by atomic mass is 31.2. The van der Waals surface area contributed by atoms with Crippen LogP contribution in [0.1, 0.15) is 63.5 Å². The van der Waals surface area contributed by atoms with Crippen molar-refractivity contribution in [3.63, 3.8) is 0 Å². The second-order valence-corrected chi connectivity index (χ2v) is 16.9. The maximum atomic E-state index is 9.67. The van der Waals surface area contributed by atoms with Crippen LogP contribution < -0.4 is 9.47 Å². The molecule has 1 saturated heterocycles. The van der Waals surface area contributed by atoms with Gasteiger partial charge in [0, 0.05) is 26.2 Å². The molecule has 1 aliphatic rings. The van der Waals surface area contributed by atoms with E-state index in [0.29, 0.717) is 28.5 Å². The minimum absolute atomic E-state index is 0.00952. The van der Waals surface area contributed by atoms with Crippen molar-refractivity contribution in [1.29, 1.82) is 10.5 Å². The summed E-state index contributed by atoms with van der Waals surface area (Å²) in [5.41, 5.74) is 2.28. The third-order valence-electron chi connectivity index (χ3n) is 10.3. The zero-order valence-electron chi connectivity index (χ0n) is 37.1. The Morgan fingerprint density at radius 2 is 1.43 bits per heavy atom. The second-order valence-electron chi connectivity index (χ2n) is 15.5. The van der Waals surface area contributed by atoms with Gasteiger partial charge in [0.1, 0.15) is 41.7 Å². The Labute approximate surface area is 370 Å². The summed E-state index contributed by atoms with van der Waals surface area (Å²) in [6, 6.07) is 30.0. The van der Waals surface area contributed by atoms with Gasteiger partial charge < -0.3 is 37.6 Å². The number of hydrogen-bond donors (Lipinski definition) is 0. The van der Waals surface area contributed by atoms with E-state index in [1.54, 1.807) is 36.4 Å². The standard InChI is InChI=1S/C46H56N9O7P/c1-32(2)55(33(3)4)63(60-27-13-25-48)62-41-39(61-45(42(41)58-26-12-24-47)54-31-51-40-43(52-30-53(5)6)49-29-50-44(40)54)28-59-46(34-14-10-9-11-15-34,35-16-20-37(56-7)21-17-35)36-18-22-38(57-8)23-19-36/h9-11,14-23,29-33,39,41-42,45H,12-13,26-28H2,1-8H3/t39-,41-,42-,45-,63?/m1/s1. The van der Waals surface area contributed by atoms with Crippen molar-refractivity contribution < 1.29 is 32.7 Å². The van der Waals surface area contributed by atoms with E-state index in [9.17, 15) is 10.5 Å². The quantitative estimate of drug-likeness (QED) is 0.0215. The van der Waals surface area contributed by atoms with Crippen LogP contribution in [0.2, 0.25) is 0 Å². The van der Waals surface area contributed by atoms with Gasteiger partial charge in [-0.15, -0.1) is 0 Å². The number of aliphatic imine (C=N–C) groups is 1. The van der Waals surface area contributed by atoms with Crippen LogP contribution >= 0.6 is 8.53 Å². The summed E-state index contributed by atoms with van der Waals surface area (Å²) in [6.07, 6.45) is 1.65. The highest BCUT2D eigenvalue weighted by molar-refractivity contribution is 7.44. The fourth-order valence-corrected chi connectivity index (χ4v) is 9.35. The Bertz CT molecular complexity index is 2260. The fraction of sp³-hybridized carbons (Fsp3) is 0.435. The molecule has 0 saturated carbocycles. The summed E-state index contributed by atoms with van der Waals surface area (Å²) < 4.78 is 49.9. The van der Waals surface area contributed by atoms with Gasteiger partial charge in [-0.1, -0.05) is 54.6 Å². The first kappa shape index (κ1) is 46.9. The molecule has 3 aromatic carbocycles. The highest BCUT2D eigenvalue weighted by Crippen LogP contribution is 2.51. The SMILES string of the molecule is COc1ccc(C(OC[C@H]2O[C@@H](n3cnc4c(N=CN(C)C)ncnc43)[C@H](OCCC#N)[C@@H]2OP(OCCC#N)N(C(C)C)C(C)C)(c2ccccc2)c2ccc(OC)cc2)cc1. The Morgan fingerprint density at radius 3 is 2.00 bits per heavy atom. The first-order valence-corrected chi connectivity index (χ1v) is 21.9. The number of nitriles is 2. The van der Waals surface area contributed by atoms with Gasteiger partial charge in [-0.3, -0.25) is 4.57 Å². The summed E-state index contributed by atoms with van der Waals surface area (Å²) in [6.45, 7) is 8.53. The lowest BCUT2D eigenvalue weighted by molar-refractivity contribution is -0.0952. The van der Waals surface area contributed by atoms with Crippen LogP contribution in [0.25, 0.3) is 11.2 Å². The average molecular weight is 878 g/mol. The predicted molar refractivity (Wildman–Crippen MR) is 239 cm³/mol. The second kappa shape index (κ2) is 22.2. The van der Waals surface area contributed by atoms with E-state index in [-0.39, 0.29) is 44.7 Å². The highest BCUT2D eigenvalue weighted by Gasteiger charge is 2.51. The number of methoxy groups -OCH3 is 2. The Morgan fingerprint density at radius 1 is 0.825 bits per heavy atom. The molecule has 0 N–H and O–H groups in total. The van der Waals surface area contributed by atoms with Crippen molar-refractivity contribution in [3.8, 4) is 23.6 Å². The van der Waals surface area contributed by atoms with Crippen molar-refractivity contribution >= 4 is 31.8 Å². The van der Waals surface area contributed by atoms with E-state index >= 15 is 0 Å². The summed E-state index contributed by atoms with van der Waals surface area (Å²) >= 11 is 0. The van der Waals surface area contributed by atoms with E-state index in [2.05, 4.69) is 59.5 Å². The molecule has 1 fully saturated rings. The normalized spacial score (nSPS) is 18.3. The Hall–Kier alpha value is -5.55. The van der Waals surface area contributed by atoms with Crippen molar-refractivity contribution in [3.05, 3.63) is 108 Å². The predicted octanol–water partition coefficient (Wildman–Crippen LogP) is 7.93. The van der Waals surface area contributed by atoms with Gasteiger partial charge in [-0.25, -0.2) is 24.6 Å². The van der Waals surface area contributed by atoms with E-state index in [1.807, 2.05) is 93.0 Å². The molecule has 5 atom stereocenters. The van der Waals surface area contributed by atoms with Crippen molar-refractivity contribution in [2.24, 2.45) is 4.99 Å². The van der Waals surface area contributed by atoms with Crippen molar-refractivity contribution in [1.82, 2.24) is 29.1 Å². The van der Waals surface area contributed by atoms with Crippen LogP contribution in [0, 0.1) is 22.7 Å². The zero-order chi connectivity index (χ0) is 44.9. The molecule has 0 bridgehead atoms. The van der Waals surface area contributed by atoms with Gasteiger partial charge in [0.15, 0.2) is 23.2 Å². The lowest BCUT2D eigenvalue weighted by atomic mass is 9.80. The van der Waals surface area contributed by atoms with Crippen LogP contribution in [0.15, 0.2) is 96.5 Å². The molecule has 17 heteroatoms. The van der Waals surface area contributed by atoms with Crippen LogP contribution in [0.4, 0.5) is 5.82 Å². The largest absolute Gasteiger partial charge is 0.497 e. The molecule has 2 aromatic heterocycles. The number of nitrogens with zero attached hydrogens (tertiary/aromatic N) is 9. The average Bonchev–Trinajstić information content (AvgIpc) is 3.87. The summed E-state index contributed by atoms with van der Waals surface area (Å²) in [4.78, 5) is 20.1. The van der Waals surface area contributed by atoms with Crippen molar-refractivity contribution in [2.45, 2.75) is 82.8 Å². The molecule has 63 heavy (non-hydrogen) atoms. The molecular weight excluding hydrogens is 822 g/mol. The molecule has 332 valence electrons. The topological polar surface area (TPSA) is 175 Å². The number of imidazole rings is 1. The number of rotatable bonds is 22. The van der Waals surface area contributed by atoms with Crippen LogP contribution in [-0.4, -0.2) is 114 Å². The van der Waals surface area contributed by atoms with Crippen LogP contribution in [-0.2, 0) is 28.9 Å². The molecule has 0 radical (unpaired) electrons. The van der Waals surface area contributed by atoms with Crippen molar-refractivity contribution in [2.75, 3.05) is 48.1 Å². The smallest absolute Gasteiger partial charge is 0.259 e. The van der Waals surface area contributed by atoms with Gasteiger partial charge in [-0.2, -0.15) is 10.5 Å². The number of fused-ring (bicyclic) bond motifs is 1. The lowest BCUT2D eigenvalue weighted by Gasteiger charge is -2.39. The molecule has 1 unspecified atom stereocenters. The van der Waals surface area contributed by atoms with E-state index in [0.717, 1.165) is 16.7 Å². The summed E-state index contributed by atoms with van der Waals surface area (Å²) in [5, 5.41) is 19.2. The molecule has 3 heterocycles. The molecule has 1 aliphatic heterocycles. The molecule has 0 amide bonds. The third kappa shape index (κ3) is 10.8. The summed E-state index contributed by atoms with van der Waals surface area (Å²) in [5.74, 6) is 1.77. The molecule has 5 aromatic rings. The van der Waals surface area contributed by atoms with Gasteiger partial charge in [0.05, 0.1) is 71.7 Å². The maximum Gasteiger partial charge on any atom is 0.259 e. The van der Waals surface area contributed by atoms with Gasteiger partial charge in [0.25, 0.3) is 8.53 Å². The minimum Gasteiger partial charge on any atom is -0.497 e. The summed E-state index contributed by atoms with van der Waals surface area (Å²) in [7, 11) is 5.20. The Balaban J connectivity index is 1.52. The molecule has 16 nitrogen and oxygen atoms in total. The van der Waals surface area contributed by atoms with Gasteiger partial charge >= 0.3 is 0 Å². The van der Waals surface area contributed by atoms with E-state index < -0.39 is 38.7 Å². The van der Waals surface area contributed by atoms with Gasteiger partial charge in [-0.05, 0) is 68.7 Å². The number of ether oxygens (including phenoxy) is 5. The first-order valence-electron chi connectivity index (χ1n) is 20.8. The lowest BCUT2D eigenvalue weighted by Crippen LogP contribution is -2.43. The number of hydrogen-bond acceptors (Lipinski definition) is 14. The molecular formula is C46H56N9O7P. The van der Waals surface area contributed by atoms with Crippen LogP contribution in [0.5, 0.6) is 11.5 Å². The first-order chi connectivity index (χ1) is 30.6. The number of aromatic nitrogens is 4. The molecule has 0 aliphatic carbocycles. The van der Waals surface area contributed by atoms with Crippen LogP contribution in [0.3, 0.4) is 0 Å². The van der Waals surface area contributed by atoms with Gasteiger partial charge in [0.2, 0.25) is 0 Å². The fourth-order valence-electron chi connectivity index (χ4n) is 7.58. The third-order valence-corrected chi connectivity index (χ3v) is 12.5. The number of benzene rings is 3. The molecule has 6 rings (SSSR count). The van der Waals surface area contributed by atoms with E-state index in [4.69, 9.17) is 37.7 Å². The zero-order valence-corrected chi connectivity index (χ0v) is 38.0. The maximum absolute atomic E-state index is 9.67. The van der Waals surface area contributed by atoms with E-state index in [1.165, 1.54) is 6.33 Å². The molecule has 0 spiro atoms. The Kier molecular flexibility index (Phi) is 16.5. The monoisotopic (exact) mass is 877 g/mol. The minimum atomic E-state index is -1.81.